The highest BCUT2D eigenvalue weighted by Gasteiger charge is 2.32. The van der Waals surface area contributed by atoms with Crippen LogP contribution in [-0.4, -0.2) is 23.2 Å². The first kappa shape index (κ1) is 22.2. The minimum Gasteiger partial charge on any atom is -0.490 e. The number of nitrogens with zero attached hydrogens (tertiary/aromatic N) is 1. The highest BCUT2D eigenvalue weighted by molar-refractivity contribution is 8.00. The molecule has 0 N–H and O–H groups in total. The predicted octanol–water partition coefficient (Wildman–Crippen LogP) is 6.53. The number of thioether (sulfide) groups is 1. The summed E-state index contributed by atoms with van der Waals surface area (Å²) in [5.74, 6) is 1.59. The van der Waals surface area contributed by atoms with Crippen LogP contribution in [-0.2, 0) is 11.3 Å². The summed E-state index contributed by atoms with van der Waals surface area (Å²) in [6.07, 6.45) is 6.57. The van der Waals surface area contributed by atoms with Crippen LogP contribution in [0.5, 0.6) is 5.75 Å². The largest absolute Gasteiger partial charge is 0.490 e. The molecule has 3 nitrogen and oxygen atoms in total. The zero-order chi connectivity index (χ0) is 21.3. The van der Waals surface area contributed by atoms with Gasteiger partial charge in [0.05, 0.1) is 5.75 Å². The van der Waals surface area contributed by atoms with Crippen molar-refractivity contribution in [1.82, 2.24) is 4.90 Å². The summed E-state index contributed by atoms with van der Waals surface area (Å²) >= 11 is 1.69. The van der Waals surface area contributed by atoms with E-state index >= 15 is 0 Å². The SMILES string of the molecule is CC(C)=CCC/C(C)=C/COc1ccc(C2SCC(=O)N2Cc2ccccc2)cc1. The summed E-state index contributed by atoms with van der Waals surface area (Å²) in [7, 11) is 0. The molecule has 1 unspecified atom stereocenters. The van der Waals surface area contributed by atoms with Gasteiger partial charge in [-0.3, -0.25) is 4.79 Å². The van der Waals surface area contributed by atoms with Gasteiger partial charge in [-0.05, 0) is 62.9 Å². The second-order valence-corrected chi connectivity index (χ2v) is 8.99. The molecule has 0 aliphatic carbocycles. The van der Waals surface area contributed by atoms with Crippen LogP contribution in [0.3, 0.4) is 0 Å². The Morgan fingerprint density at radius 2 is 1.80 bits per heavy atom. The molecule has 0 spiro atoms. The minimum atomic E-state index is 0.0592. The number of ether oxygens (including phenoxy) is 1. The van der Waals surface area contributed by atoms with E-state index in [1.54, 1.807) is 11.8 Å². The molecule has 1 amide bonds. The molecular formula is C26H31NO2S. The van der Waals surface area contributed by atoms with Gasteiger partial charge in [0, 0.05) is 6.54 Å². The number of benzene rings is 2. The highest BCUT2D eigenvalue weighted by Crippen LogP contribution is 2.39. The third-order valence-corrected chi connectivity index (χ3v) is 6.36. The Kier molecular flexibility index (Phi) is 8.21. The molecule has 0 bridgehead atoms. The van der Waals surface area contributed by atoms with E-state index in [9.17, 15) is 4.79 Å². The molecule has 1 saturated heterocycles. The summed E-state index contributed by atoms with van der Waals surface area (Å²) < 4.78 is 5.89. The Labute approximate surface area is 184 Å². The lowest BCUT2D eigenvalue weighted by Gasteiger charge is -2.24. The molecule has 30 heavy (non-hydrogen) atoms. The van der Waals surface area contributed by atoms with Crippen LogP contribution in [0.4, 0.5) is 0 Å². The zero-order valence-corrected chi connectivity index (χ0v) is 19.0. The quantitative estimate of drug-likeness (QED) is 0.431. The van der Waals surface area contributed by atoms with E-state index in [4.69, 9.17) is 4.74 Å². The molecule has 0 aromatic heterocycles. The lowest BCUT2D eigenvalue weighted by atomic mass is 10.1. The van der Waals surface area contributed by atoms with Crippen molar-refractivity contribution in [2.24, 2.45) is 0 Å². The van der Waals surface area contributed by atoms with Gasteiger partial charge < -0.3 is 9.64 Å². The molecule has 1 aliphatic heterocycles. The van der Waals surface area contributed by atoms with Crippen LogP contribution in [0.2, 0.25) is 0 Å². The number of allylic oxidation sites excluding steroid dienone is 3. The number of rotatable bonds is 9. The second kappa shape index (κ2) is 11.1. The van der Waals surface area contributed by atoms with Crippen LogP contribution in [0.25, 0.3) is 0 Å². The summed E-state index contributed by atoms with van der Waals surface area (Å²) in [6.45, 7) is 7.64. The van der Waals surface area contributed by atoms with Gasteiger partial charge in [0.2, 0.25) is 5.91 Å². The number of carbonyl (C=O) groups is 1. The smallest absolute Gasteiger partial charge is 0.234 e. The standard InChI is InChI=1S/C26H31NO2S/c1-20(2)8-7-9-21(3)16-17-29-24-14-12-23(13-15-24)26-27(25(28)19-30-26)18-22-10-5-4-6-11-22/h4-6,8,10-16,26H,7,9,17-19H2,1-3H3/b21-16+. The molecule has 1 fully saturated rings. The maximum absolute atomic E-state index is 12.4. The van der Waals surface area contributed by atoms with Crippen molar-refractivity contribution in [2.75, 3.05) is 12.4 Å². The van der Waals surface area contributed by atoms with Gasteiger partial charge in [-0.2, -0.15) is 0 Å². The monoisotopic (exact) mass is 421 g/mol. The number of amides is 1. The minimum absolute atomic E-state index is 0.0592. The Hall–Kier alpha value is -2.46. The fourth-order valence-electron chi connectivity index (χ4n) is 3.38. The fourth-order valence-corrected chi connectivity index (χ4v) is 4.57. The average Bonchev–Trinajstić information content (AvgIpc) is 3.09. The van der Waals surface area contributed by atoms with E-state index < -0.39 is 0 Å². The molecule has 3 rings (SSSR count). The molecule has 0 radical (unpaired) electrons. The molecule has 1 heterocycles. The summed E-state index contributed by atoms with van der Waals surface area (Å²) in [6, 6.07) is 18.3. The maximum Gasteiger partial charge on any atom is 0.234 e. The van der Waals surface area contributed by atoms with Crippen molar-refractivity contribution in [3.8, 4) is 5.75 Å². The lowest BCUT2D eigenvalue weighted by molar-refractivity contribution is -0.128. The van der Waals surface area contributed by atoms with Gasteiger partial charge in [0.25, 0.3) is 0 Å². The number of carbonyl (C=O) groups excluding carboxylic acids is 1. The summed E-state index contributed by atoms with van der Waals surface area (Å²) in [5, 5.41) is 0.0592. The van der Waals surface area contributed by atoms with Crippen LogP contribution < -0.4 is 4.74 Å². The van der Waals surface area contributed by atoms with Crippen LogP contribution >= 0.6 is 11.8 Å². The van der Waals surface area contributed by atoms with Gasteiger partial charge in [-0.1, -0.05) is 59.7 Å². The lowest BCUT2D eigenvalue weighted by Crippen LogP contribution is -2.27. The van der Waals surface area contributed by atoms with E-state index in [0.717, 1.165) is 29.7 Å². The van der Waals surface area contributed by atoms with Gasteiger partial charge in [-0.15, -0.1) is 11.8 Å². The van der Waals surface area contributed by atoms with E-state index in [-0.39, 0.29) is 11.3 Å². The molecular weight excluding hydrogens is 390 g/mol. The fraction of sp³-hybridized carbons (Fsp3) is 0.346. The Morgan fingerprint density at radius 3 is 2.50 bits per heavy atom. The van der Waals surface area contributed by atoms with Gasteiger partial charge in [0.1, 0.15) is 17.7 Å². The molecule has 0 saturated carbocycles. The van der Waals surface area contributed by atoms with Gasteiger partial charge in [0.15, 0.2) is 0 Å². The molecule has 2 aromatic carbocycles. The predicted molar refractivity (Wildman–Crippen MR) is 127 cm³/mol. The van der Waals surface area contributed by atoms with E-state index in [1.807, 2.05) is 35.2 Å². The third kappa shape index (κ3) is 6.53. The zero-order valence-electron chi connectivity index (χ0n) is 18.1. The van der Waals surface area contributed by atoms with Gasteiger partial charge in [-0.25, -0.2) is 0 Å². The maximum atomic E-state index is 12.4. The van der Waals surface area contributed by atoms with Crippen molar-refractivity contribution in [3.05, 3.63) is 89.0 Å². The van der Waals surface area contributed by atoms with Crippen LogP contribution in [0.1, 0.15) is 50.1 Å². The van der Waals surface area contributed by atoms with Crippen molar-refractivity contribution in [2.45, 2.75) is 45.5 Å². The molecule has 4 heteroatoms. The second-order valence-electron chi connectivity index (χ2n) is 7.92. The number of hydrogen-bond acceptors (Lipinski definition) is 3. The summed E-state index contributed by atoms with van der Waals surface area (Å²) in [5.41, 5.74) is 5.01. The van der Waals surface area contributed by atoms with E-state index in [0.29, 0.717) is 18.9 Å². The Morgan fingerprint density at radius 1 is 1.07 bits per heavy atom. The third-order valence-electron chi connectivity index (χ3n) is 5.10. The molecule has 158 valence electrons. The van der Waals surface area contributed by atoms with Crippen molar-refractivity contribution >= 4 is 17.7 Å². The highest BCUT2D eigenvalue weighted by atomic mass is 32.2. The normalized spacial score (nSPS) is 16.6. The topological polar surface area (TPSA) is 29.5 Å². The molecule has 1 aliphatic rings. The van der Waals surface area contributed by atoms with Gasteiger partial charge >= 0.3 is 0 Å². The molecule has 1 atom stereocenters. The van der Waals surface area contributed by atoms with E-state index in [1.165, 1.54) is 11.1 Å². The average molecular weight is 422 g/mol. The van der Waals surface area contributed by atoms with Crippen molar-refractivity contribution in [3.63, 3.8) is 0 Å². The van der Waals surface area contributed by atoms with Crippen molar-refractivity contribution < 1.29 is 9.53 Å². The van der Waals surface area contributed by atoms with Crippen LogP contribution in [0.15, 0.2) is 77.9 Å². The summed E-state index contributed by atoms with van der Waals surface area (Å²) in [4.78, 5) is 14.4. The Bertz CT molecular complexity index is 883. The number of hydrogen-bond donors (Lipinski definition) is 0. The Balaban J connectivity index is 1.55. The van der Waals surface area contributed by atoms with Crippen molar-refractivity contribution in [1.29, 1.82) is 0 Å². The first-order valence-corrected chi connectivity index (χ1v) is 11.5. The first-order chi connectivity index (χ1) is 14.5. The molecule has 2 aromatic rings. The first-order valence-electron chi connectivity index (χ1n) is 10.5. The van der Waals surface area contributed by atoms with E-state index in [2.05, 4.69) is 57.2 Å². The van der Waals surface area contributed by atoms with Crippen LogP contribution in [0, 0.1) is 0 Å².